The summed E-state index contributed by atoms with van der Waals surface area (Å²) in [6, 6.07) is 0.557. The number of nitrogens with one attached hydrogen (secondary N) is 1. The van der Waals surface area contributed by atoms with Crippen molar-refractivity contribution in [3.63, 3.8) is 0 Å². The maximum absolute atomic E-state index is 11.4. The van der Waals surface area contributed by atoms with Crippen molar-refractivity contribution in [2.24, 2.45) is 0 Å². The largest absolute Gasteiger partial charge is 0.391 e. The molecule has 0 atom stereocenters. The number of nitrogens with zero attached hydrogens (tertiary/aromatic N) is 3. The van der Waals surface area contributed by atoms with E-state index in [1.807, 2.05) is 0 Å². The zero-order chi connectivity index (χ0) is 12.4. The quantitative estimate of drug-likeness (QED) is 0.750. The topological polar surface area (TPSA) is 78.2 Å². The second-order valence-corrected chi connectivity index (χ2v) is 4.59. The lowest BCUT2D eigenvalue weighted by Gasteiger charge is -2.37. The molecule has 0 aliphatic carbocycles. The number of rotatable bonds is 2. The number of aromatic nitrogens is 2. The van der Waals surface area contributed by atoms with Crippen LogP contribution in [0, 0.1) is 0 Å². The van der Waals surface area contributed by atoms with Crippen LogP contribution in [0.3, 0.4) is 0 Å². The van der Waals surface area contributed by atoms with Crippen molar-refractivity contribution < 1.29 is 0 Å². The van der Waals surface area contributed by atoms with Gasteiger partial charge in [-0.25, -0.2) is 4.98 Å². The third-order valence-electron chi connectivity index (χ3n) is 3.21. The Bertz CT molecular complexity index is 434. The molecule has 6 heteroatoms. The number of nitrogens with two attached hydrogens (primary N) is 1. The van der Waals surface area contributed by atoms with Gasteiger partial charge in [0.1, 0.15) is 5.69 Å². The third kappa shape index (κ3) is 2.41. The SMILES string of the molecule is CC(C)N1CCN(c2nc[nH]c(=O)c2N)CC1. The number of hydrogen-bond donors (Lipinski definition) is 2. The summed E-state index contributed by atoms with van der Waals surface area (Å²) in [5, 5.41) is 0. The van der Waals surface area contributed by atoms with E-state index in [0.717, 1.165) is 26.2 Å². The van der Waals surface area contributed by atoms with Crippen LogP contribution in [-0.4, -0.2) is 47.1 Å². The van der Waals surface area contributed by atoms with Crippen LogP contribution in [0.25, 0.3) is 0 Å². The highest BCUT2D eigenvalue weighted by Gasteiger charge is 2.21. The van der Waals surface area contributed by atoms with Gasteiger partial charge in [0.05, 0.1) is 6.33 Å². The summed E-state index contributed by atoms with van der Waals surface area (Å²) in [6.45, 7) is 8.06. The fourth-order valence-electron chi connectivity index (χ4n) is 2.10. The summed E-state index contributed by atoms with van der Waals surface area (Å²) >= 11 is 0. The summed E-state index contributed by atoms with van der Waals surface area (Å²) in [4.78, 5) is 22.5. The van der Waals surface area contributed by atoms with Crippen molar-refractivity contribution in [2.45, 2.75) is 19.9 Å². The van der Waals surface area contributed by atoms with Gasteiger partial charge in [0.2, 0.25) is 0 Å². The molecule has 94 valence electrons. The van der Waals surface area contributed by atoms with Crippen molar-refractivity contribution >= 4 is 11.5 Å². The van der Waals surface area contributed by atoms with Crippen LogP contribution in [0.2, 0.25) is 0 Å². The van der Waals surface area contributed by atoms with Crippen LogP contribution in [0.5, 0.6) is 0 Å². The molecule has 2 heterocycles. The Kier molecular flexibility index (Phi) is 3.33. The van der Waals surface area contributed by atoms with Crippen molar-refractivity contribution in [2.75, 3.05) is 36.8 Å². The maximum Gasteiger partial charge on any atom is 0.276 e. The predicted octanol–water partition coefficient (Wildman–Crippen LogP) is -0.117. The van der Waals surface area contributed by atoms with Gasteiger partial charge in [-0.05, 0) is 13.8 Å². The average molecular weight is 237 g/mol. The minimum Gasteiger partial charge on any atom is -0.391 e. The second kappa shape index (κ2) is 4.75. The van der Waals surface area contributed by atoms with E-state index >= 15 is 0 Å². The second-order valence-electron chi connectivity index (χ2n) is 4.59. The summed E-state index contributed by atoms with van der Waals surface area (Å²) < 4.78 is 0. The maximum atomic E-state index is 11.4. The van der Waals surface area contributed by atoms with Crippen molar-refractivity contribution in [3.8, 4) is 0 Å². The summed E-state index contributed by atoms with van der Waals surface area (Å²) in [6.07, 6.45) is 1.41. The molecule has 0 amide bonds. The first-order valence-electron chi connectivity index (χ1n) is 5.91. The number of piperazine rings is 1. The van der Waals surface area contributed by atoms with E-state index in [1.165, 1.54) is 6.33 Å². The Balaban J connectivity index is 2.11. The fourth-order valence-corrected chi connectivity index (χ4v) is 2.10. The van der Waals surface area contributed by atoms with E-state index in [0.29, 0.717) is 11.9 Å². The molecule has 0 spiro atoms. The van der Waals surface area contributed by atoms with Gasteiger partial charge in [-0.3, -0.25) is 9.69 Å². The molecule has 1 aliphatic heterocycles. The standard InChI is InChI=1S/C11H19N5O/c1-8(2)15-3-5-16(6-4-15)10-9(12)11(17)14-7-13-10/h7-8H,3-6,12H2,1-2H3,(H,13,14,17). The Labute approximate surface area is 100 Å². The minimum absolute atomic E-state index is 0.213. The number of anilines is 2. The zero-order valence-corrected chi connectivity index (χ0v) is 10.3. The Hall–Kier alpha value is -1.56. The molecule has 2 rings (SSSR count). The van der Waals surface area contributed by atoms with Crippen LogP contribution in [0.4, 0.5) is 11.5 Å². The van der Waals surface area contributed by atoms with Crippen LogP contribution in [0.15, 0.2) is 11.1 Å². The van der Waals surface area contributed by atoms with Gasteiger partial charge >= 0.3 is 0 Å². The lowest BCUT2D eigenvalue weighted by molar-refractivity contribution is 0.209. The molecule has 17 heavy (non-hydrogen) atoms. The summed E-state index contributed by atoms with van der Waals surface area (Å²) in [7, 11) is 0. The first kappa shape index (κ1) is 11.9. The molecular weight excluding hydrogens is 218 g/mol. The molecule has 0 bridgehead atoms. The molecule has 0 unspecified atom stereocenters. The molecule has 0 aromatic carbocycles. The van der Waals surface area contributed by atoms with Gasteiger partial charge in [-0.15, -0.1) is 0 Å². The van der Waals surface area contributed by atoms with Crippen molar-refractivity contribution in [1.29, 1.82) is 0 Å². The first-order valence-corrected chi connectivity index (χ1v) is 5.91. The predicted molar refractivity (Wildman–Crippen MR) is 68.2 cm³/mol. The van der Waals surface area contributed by atoms with E-state index in [4.69, 9.17) is 5.73 Å². The average Bonchev–Trinajstić information content (AvgIpc) is 2.33. The fraction of sp³-hybridized carbons (Fsp3) is 0.636. The lowest BCUT2D eigenvalue weighted by Crippen LogP contribution is -2.49. The molecule has 1 aromatic rings. The van der Waals surface area contributed by atoms with Crippen LogP contribution >= 0.6 is 0 Å². The molecular formula is C11H19N5O. The Morgan fingerprint density at radius 2 is 2.00 bits per heavy atom. The highest BCUT2D eigenvalue weighted by Crippen LogP contribution is 2.17. The number of nitrogen functional groups attached to an aromatic ring is 1. The molecule has 6 nitrogen and oxygen atoms in total. The van der Waals surface area contributed by atoms with E-state index in [2.05, 4.69) is 33.6 Å². The van der Waals surface area contributed by atoms with Crippen molar-refractivity contribution in [3.05, 3.63) is 16.7 Å². The number of aromatic amines is 1. The van der Waals surface area contributed by atoms with E-state index in [-0.39, 0.29) is 11.2 Å². The third-order valence-corrected chi connectivity index (χ3v) is 3.21. The summed E-state index contributed by atoms with van der Waals surface area (Å²) in [5.74, 6) is 0.608. The van der Waals surface area contributed by atoms with Crippen LogP contribution < -0.4 is 16.2 Å². The number of hydrogen-bond acceptors (Lipinski definition) is 5. The molecule has 1 saturated heterocycles. The van der Waals surface area contributed by atoms with Gasteiger partial charge < -0.3 is 15.6 Å². The molecule has 0 saturated carbocycles. The van der Waals surface area contributed by atoms with Crippen LogP contribution in [0.1, 0.15) is 13.8 Å². The first-order chi connectivity index (χ1) is 8.09. The monoisotopic (exact) mass is 237 g/mol. The van der Waals surface area contributed by atoms with Crippen LogP contribution in [-0.2, 0) is 0 Å². The van der Waals surface area contributed by atoms with Gasteiger partial charge in [0.25, 0.3) is 5.56 Å². The van der Waals surface area contributed by atoms with E-state index < -0.39 is 0 Å². The highest BCUT2D eigenvalue weighted by molar-refractivity contribution is 5.61. The Morgan fingerprint density at radius 1 is 1.35 bits per heavy atom. The normalized spacial score (nSPS) is 17.7. The van der Waals surface area contributed by atoms with Gasteiger partial charge in [0.15, 0.2) is 5.82 Å². The molecule has 3 N–H and O–H groups in total. The summed E-state index contributed by atoms with van der Waals surface area (Å²) in [5.41, 5.74) is 5.70. The number of H-pyrrole nitrogens is 1. The van der Waals surface area contributed by atoms with Crippen molar-refractivity contribution in [1.82, 2.24) is 14.9 Å². The zero-order valence-electron chi connectivity index (χ0n) is 10.3. The van der Waals surface area contributed by atoms with Gasteiger partial charge in [0, 0.05) is 32.2 Å². The Morgan fingerprint density at radius 3 is 2.59 bits per heavy atom. The molecule has 0 radical (unpaired) electrons. The molecule has 1 aliphatic rings. The van der Waals surface area contributed by atoms with E-state index in [1.54, 1.807) is 0 Å². The van der Waals surface area contributed by atoms with Gasteiger partial charge in [-0.2, -0.15) is 0 Å². The molecule has 1 aromatic heterocycles. The smallest absolute Gasteiger partial charge is 0.276 e. The minimum atomic E-state index is -0.263. The van der Waals surface area contributed by atoms with Gasteiger partial charge in [-0.1, -0.05) is 0 Å². The molecule has 1 fully saturated rings. The lowest BCUT2D eigenvalue weighted by atomic mass is 10.2. The van der Waals surface area contributed by atoms with E-state index in [9.17, 15) is 4.79 Å². The highest BCUT2D eigenvalue weighted by atomic mass is 16.1.